The number of nitrogens with two attached hydrogens (primary N) is 1. The summed E-state index contributed by atoms with van der Waals surface area (Å²) < 4.78 is 0. The standard InChI is InChI=1S/C15H27N5/c1-11(2)9-20(13-6-4-5-7-13)10-15-17-12(3)8-14(18-15)19-16/h8,11,13H,4-7,9-10,16H2,1-3H3,(H,17,18,19). The first-order chi connectivity index (χ1) is 9.58. The highest BCUT2D eigenvalue weighted by atomic mass is 15.3. The number of anilines is 1. The van der Waals surface area contributed by atoms with E-state index in [0.717, 1.165) is 24.6 Å². The Morgan fingerprint density at radius 1 is 1.35 bits per heavy atom. The zero-order valence-electron chi connectivity index (χ0n) is 12.9. The van der Waals surface area contributed by atoms with Crippen molar-refractivity contribution in [3.05, 3.63) is 17.6 Å². The molecule has 0 radical (unpaired) electrons. The SMILES string of the molecule is Cc1cc(NN)nc(CN(CC(C)C)C2CCCC2)n1. The number of nitrogens with one attached hydrogen (secondary N) is 1. The largest absolute Gasteiger partial charge is 0.308 e. The second-order valence-corrected chi connectivity index (χ2v) is 6.22. The highest BCUT2D eigenvalue weighted by Gasteiger charge is 2.24. The van der Waals surface area contributed by atoms with Crippen LogP contribution in [0.4, 0.5) is 5.82 Å². The molecule has 0 amide bonds. The van der Waals surface area contributed by atoms with Crippen LogP contribution in [0.5, 0.6) is 0 Å². The first-order valence-electron chi connectivity index (χ1n) is 7.63. The number of hydrogen-bond donors (Lipinski definition) is 2. The molecule has 0 aromatic carbocycles. The molecule has 3 N–H and O–H groups in total. The van der Waals surface area contributed by atoms with Crippen LogP contribution >= 0.6 is 0 Å². The molecule has 1 fully saturated rings. The van der Waals surface area contributed by atoms with Gasteiger partial charge in [0.15, 0.2) is 0 Å². The van der Waals surface area contributed by atoms with Crippen LogP contribution in [0.25, 0.3) is 0 Å². The minimum atomic E-state index is 0.660. The number of rotatable bonds is 6. The van der Waals surface area contributed by atoms with Crippen molar-refractivity contribution in [2.75, 3.05) is 12.0 Å². The van der Waals surface area contributed by atoms with Crippen molar-refractivity contribution in [3.8, 4) is 0 Å². The fourth-order valence-electron chi connectivity index (χ4n) is 3.04. The second-order valence-electron chi connectivity index (χ2n) is 6.22. The summed E-state index contributed by atoms with van der Waals surface area (Å²) in [5.74, 6) is 7.69. The van der Waals surface area contributed by atoms with Gasteiger partial charge in [0.05, 0.1) is 6.54 Å². The molecule has 0 spiro atoms. The van der Waals surface area contributed by atoms with Gasteiger partial charge in [-0.05, 0) is 25.7 Å². The maximum Gasteiger partial charge on any atom is 0.145 e. The van der Waals surface area contributed by atoms with E-state index in [1.54, 1.807) is 0 Å². The lowest BCUT2D eigenvalue weighted by molar-refractivity contribution is 0.164. The summed E-state index contributed by atoms with van der Waals surface area (Å²) in [5.41, 5.74) is 3.58. The lowest BCUT2D eigenvalue weighted by Crippen LogP contribution is -2.36. The topological polar surface area (TPSA) is 67.1 Å². The Morgan fingerprint density at radius 2 is 2.05 bits per heavy atom. The van der Waals surface area contributed by atoms with Gasteiger partial charge in [-0.2, -0.15) is 0 Å². The molecular weight excluding hydrogens is 250 g/mol. The van der Waals surface area contributed by atoms with Gasteiger partial charge in [0.25, 0.3) is 0 Å². The van der Waals surface area contributed by atoms with E-state index >= 15 is 0 Å². The molecule has 5 nitrogen and oxygen atoms in total. The van der Waals surface area contributed by atoms with Crippen LogP contribution in [0.2, 0.25) is 0 Å². The third-order valence-electron chi connectivity index (χ3n) is 3.83. The van der Waals surface area contributed by atoms with Crippen molar-refractivity contribution in [2.45, 2.75) is 59.0 Å². The van der Waals surface area contributed by atoms with Crippen molar-refractivity contribution >= 4 is 5.82 Å². The van der Waals surface area contributed by atoms with E-state index in [1.807, 2.05) is 13.0 Å². The Labute approximate surface area is 121 Å². The zero-order valence-corrected chi connectivity index (χ0v) is 12.9. The Kier molecular flexibility index (Phi) is 5.31. The van der Waals surface area contributed by atoms with Crippen molar-refractivity contribution in [2.24, 2.45) is 11.8 Å². The van der Waals surface area contributed by atoms with Crippen molar-refractivity contribution in [1.82, 2.24) is 14.9 Å². The Bertz CT molecular complexity index is 426. The molecule has 0 atom stereocenters. The normalized spacial score (nSPS) is 16.3. The van der Waals surface area contributed by atoms with E-state index in [2.05, 4.69) is 34.1 Å². The monoisotopic (exact) mass is 277 g/mol. The van der Waals surface area contributed by atoms with Gasteiger partial charge in [-0.25, -0.2) is 15.8 Å². The molecule has 1 aromatic heterocycles. The molecule has 0 aliphatic heterocycles. The maximum atomic E-state index is 5.47. The van der Waals surface area contributed by atoms with E-state index < -0.39 is 0 Å². The molecule has 112 valence electrons. The molecule has 1 aliphatic carbocycles. The molecule has 1 aromatic rings. The first kappa shape index (κ1) is 15.2. The number of aromatic nitrogens is 2. The Morgan fingerprint density at radius 3 is 2.65 bits per heavy atom. The molecule has 0 saturated heterocycles. The van der Waals surface area contributed by atoms with Gasteiger partial charge < -0.3 is 5.43 Å². The number of hydrazine groups is 1. The third kappa shape index (κ3) is 4.15. The van der Waals surface area contributed by atoms with Crippen LogP contribution in [0.1, 0.15) is 51.0 Å². The summed E-state index contributed by atoms with van der Waals surface area (Å²) in [6.07, 6.45) is 5.31. The summed E-state index contributed by atoms with van der Waals surface area (Å²) in [5, 5.41) is 0. The molecule has 20 heavy (non-hydrogen) atoms. The van der Waals surface area contributed by atoms with Gasteiger partial charge in [0.1, 0.15) is 11.6 Å². The Balaban J connectivity index is 2.11. The summed E-state index contributed by atoms with van der Waals surface area (Å²) in [6, 6.07) is 2.56. The average molecular weight is 277 g/mol. The van der Waals surface area contributed by atoms with Crippen LogP contribution in [-0.4, -0.2) is 27.5 Å². The van der Waals surface area contributed by atoms with Gasteiger partial charge in [-0.1, -0.05) is 26.7 Å². The van der Waals surface area contributed by atoms with Gasteiger partial charge in [-0.3, -0.25) is 4.90 Å². The summed E-state index contributed by atoms with van der Waals surface area (Å²) in [7, 11) is 0. The highest BCUT2D eigenvalue weighted by Crippen LogP contribution is 2.25. The van der Waals surface area contributed by atoms with Crippen molar-refractivity contribution in [1.29, 1.82) is 0 Å². The number of nitrogens with zero attached hydrogens (tertiary/aromatic N) is 3. The minimum absolute atomic E-state index is 0.660. The average Bonchev–Trinajstić information content (AvgIpc) is 2.90. The lowest BCUT2D eigenvalue weighted by Gasteiger charge is -2.29. The molecule has 0 bridgehead atoms. The quantitative estimate of drug-likeness (QED) is 0.617. The van der Waals surface area contributed by atoms with Crippen LogP contribution in [0.15, 0.2) is 6.07 Å². The molecular formula is C15H27N5. The Hall–Kier alpha value is -1.20. The fourth-order valence-corrected chi connectivity index (χ4v) is 3.04. The van der Waals surface area contributed by atoms with Gasteiger partial charge in [0.2, 0.25) is 0 Å². The van der Waals surface area contributed by atoms with Crippen molar-refractivity contribution < 1.29 is 0 Å². The molecule has 2 rings (SSSR count). The summed E-state index contributed by atoms with van der Waals surface area (Å²) in [6.45, 7) is 8.44. The highest BCUT2D eigenvalue weighted by molar-refractivity contribution is 5.33. The van der Waals surface area contributed by atoms with Crippen LogP contribution in [-0.2, 0) is 6.54 Å². The predicted molar refractivity (Wildman–Crippen MR) is 82.1 cm³/mol. The van der Waals surface area contributed by atoms with Gasteiger partial charge >= 0.3 is 0 Å². The number of aryl methyl sites for hydroxylation is 1. The zero-order chi connectivity index (χ0) is 14.5. The first-order valence-corrected chi connectivity index (χ1v) is 7.63. The van der Waals surface area contributed by atoms with E-state index in [1.165, 1.54) is 25.7 Å². The predicted octanol–water partition coefficient (Wildman–Crippen LogP) is 2.47. The van der Waals surface area contributed by atoms with E-state index in [-0.39, 0.29) is 0 Å². The molecule has 1 heterocycles. The minimum Gasteiger partial charge on any atom is -0.308 e. The molecule has 0 unspecified atom stereocenters. The van der Waals surface area contributed by atoms with Gasteiger partial charge in [0, 0.05) is 24.3 Å². The van der Waals surface area contributed by atoms with E-state index in [4.69, 9.17) is 5.84 Å². The number of nitrogen functional groups attached to an aromatic ring is 1. The molecule has 1 aliphatic rings. The van der Waals surface area contributed by atoms with Gasteiger partial charge in [-0.15, -0.1) is 0 Å². The fraction of sp³-hybridized carbons (Fsp3) is 0.733. The smallest absolute Gasteiger partial charge is 0.145 e. The maximum absolute atomic E-state index is 5.47. The summed E-state index contributed by atoms with van der Waals surface area (Å²) >= 11 is 0. The molecule has 1 saturated carbocycles. The van der Waals surface area contributed by atoms with Crippen LogP contribution in [0.3, 0.4) is 0 Å². The summed E-state index contributed by atoms with van der Waals surface area (Å²) in [4.78, 5) is 11.6. The number of hydrogen-bond acceptors (Lipinski definition) is 5. The van der Waals surface area contributed by atoms with E-state index in [9.17, 15) is 0 Å². The second kappa shape index (κ2) is 6.99. The lowest BCUT2D eigenvalue weighted by atomic mass is 10.1. The van der Waals surface area contributed by atoms with Crippen molar-refractivity contribution in [3.63, 3.8) is 0 Å². The molecule has 5 heteroatoms. The third-order valence-corrected chi connectivity index (χ3v) is 3.83. The van der Waals surface area contributed by atoms with E-state index in [0.29, 0.717) is 17.8 Å². The van der Waals surface area contributed by atoms with Crippen LogP contribution in [0, 0.1) is 12.8 Å². The van der Waals surface area contributed by atoms with Crippen LogP contribution < -0.4 is 11.3 Å².